The number of hydrogen-bond donors (Lipinski definition) is 0. The van der Waals surface area contributed by atoms with Gasteiger partial charge in [0.05, 0.1) is 23.8 Å². The largest absolute Gasteiger partial charge is 0.294 e. The topological polar surface area (TPSA) is 47.8 Å². The van der Waals surface area contributed by atoms with Crippen molar-refractivity contribution >= 4 is 16.7 Å². The van der Waals surface area contributed by atoms with Crippen molar-refractivity contribution in [2.45, 2.75) is 13.5 Å². The first-order valence-electron chi connectivity index (χ1n) is 6.09. The molecule has 4 nitrogen and oxygen atoms in total. The second-order valence-electron chi connectivity index (χ2n) is 4.52. The first kappa shape index (κ1) is 11.6. The molecule has 0 N–H and O–H groups in total. The molecule has 0 atom stereocenters. The quantitative estimate of drug-likeness (QED) is 0.672. The number of benzene rings is 1. The molecule has 1 aromatic carbocycles. The van der Waals surface area contributed by atoms with Crippen LogP contribution >= 0.6 is 0 Å². The van der Waals surface area contributed by atoms with Crippen LogP contribution in [0.25, 0.3) is 10.9 Å². The van der Waals surface area contributed by atoms with Gasteiger partial charge in [-0.1, -0.05) is 18.2 Å². The van der Waals surface area contributed by atoms with Gasteiger partial charge in [-0.05, 0) is 24.6 Å². The molecule has 0 aliphatic heterocycles. The SMILES string of the molecule is CC(=O)c1cnn(Cc2cnc3ccccc3c2)c1. The fourth-order valence-corrected chi connectivity index (χ4v) is 2.02. The van der Waals surface area contributed by atoms with E-state index in [0.29, 0.717) is 12.1 Å². The van der Waals surface area contributed by atoms with Gasteiger partial charge in [-0.25, -0.2) is 0 Å². The summed E-state index contributed by atoms with van der Waals surface area (Å²) in [4.78, 5) is 15.6. The highest BCUT2D eigenvalue weighted by molar-refractivity contribution is 5.93. The molecule has 19 heavy (non-hydrogen) atoms. The molecule has 0 unspecified atom stereocenters. The molecule has 0 radical (unpaired) electrons. The van der Waals surface area contributed by atoms with E-state index < -0.39 is 0 Å². The average Bonchev–Trinajstić information content (AvgIpc) is 2.87. The van der Waals surface area contributed by atoms with Crippen molar-refractivity contribution in [1.82, 2.24) is 14.8 Å². The van der Waals surface area contributed by atoms with Crippen molar-refractivity contribution in [2.24, 2.45) is 0 Å². The lowest BCUT2D eigenvalue weighted by molar-refractivity contribution is 0.101. The van der Waals surface area contributed by atoms with Gasteiger partial charge in [-0.2, -0.15) is 5.10 Å². The first-order chi connectivity index (χ1) is 9.22. The molecule has 3 rings (SSSR count). The van der Waals surface area contributed by atoms with Gasteiger partial charge in [0.1, 0.15) is 0 Å². The van der Waals surface area contributed by atoms with Crippen LogP contribution in [0.2, 0.25) is 0 Å². The zero-order valence-electron chi connectivity index (χ0n) is 10.6. The number of carbonyl (C=O) groups is 1. The van der Waals surface area contributed by atoms with Crippen LogP contribution in [0.3, 0.4) is 0 Å². The molecule has 0 saturated heterocycles. The van der Waals surface area contributed by atoms with E-state index in [1.54, 1.807) is 24.0 Å². The lowest BCUT2D eigenvalue weighted by Crippen LogP contribution is -2.00. The Morgan fingerprint density at radius 3 is 2.89 bits per heavy atom. The fourth-order valence-electron chi connectivity index (χ4n) is 2.02. The zero-order valence-corrected chi connectivity index (χ0v) is 10.6. The van der Waals surface area contributed by atoms with E-state index in [1.807, 2.05) is 30.5 Å². The fraction of sp³-hybridized carbons (Fsp3) is 0.133. The van der Waals surface area contributed by atoms with Gasteiger partial charge in [0.15, 0.2) is 5.78 Å². The molecule has 0 bridgehead atoms. The van der Waals surface area contributed by atoms with Crippen molar-refractivity contribution < 1.29 is 4.79 Å². The molecule has 0 saturated carbocycles. The number of nitrogens with zero attached hydrogens (tertiary/aromatic N) is 3. The molecule has 2 heterocycles. The van der Waals surface area contributed by atoms with E-state index in [4.69, 9.17) is 0 Å². The van der Waals surface area contributed by atoms with Crippen molar-refractivity contribution in [1.29, 1.82) is 0 Å². The van der Waals surface area contributed by atoms with Gasteiger partial charge >= 0.3 is 0 Å². The maximum atomic E-state index is 11.2. The predicted octanol–water partition coefficient (Wildman–Crippen LogP) is 2.68. The summed E-state index contributed by atoms with van der Waals surface area (Å²) >= 11 is 0. The van der Waals surface area contributed by atoms with Crippen LogP contribution in [0, 0.1) is 0 Å². The molecule has 0 amide bonds. The summed E-state index contributed by atoms with van der Waals surface area (Å²) < 4.78 is 1.75. The van der Waals surface area contributed by atoms with Gasteiger partial charge in [0.25, 0.3) is 0 Å². The molecule has 2 aromatic heterocycles. The number of Topliss-reactive ketones (excluding diaryl/α,β-unsaturated/α-hetero) is 1. The third-order valence-corrected chi connectivity index (χ3v) is 3.03. The third-order valence-electron chi connectivity index (χ3n) is 3.03. The zero-order chi connectivity index (χ0) is 13.2. The number of para-hydroxylation sites is 1. The number of hydrogen-bond acceptors (Lipinski definition) is 3. The molecular formula is C15H13N3O. The Labute approximate surface area is 110 Å². The smallest absolute Gasteiger partial charge is 0.162 e. The van der Waals surface area contributed by atoms with Gasteiger partial charge in [-0.3, -0.25) is 14.5 Å². The van der Waals surface area contributed by atoms with Crippen LogP contribution in [-0.4, -0.2) is 20.5 Å². The summed E-state index contributed by atoms with van der Waals surface area (Å²) in [5.41, 5.74) is 2.68. The van der Waals surface area contributed by atoms with Crippen molar-refractivity contribution in [3.05, 3.63) is 60.0 Å². The Hall–Kier alpha value is -2.49. The van der Waals surface area contributed by atoms with Gasteiger partial charge < -0.3 is 0 Å². The number of fused-ring (bicyclic) bond motifs is 1. The van der Waals surface area contributed by atoms with Crippen LogP contribution in [-0.2, 0) is 6.54 Å². The molecular weight excluding hydrogens is 238 g/mol. The molecule has 94 valence electrons. The Kier molecular flexibility index (Phi) is 2.83. The van der Waals surface area contributed by atoms with Crippen molar-refractivity contribution in [3.8, 4) is 0 Å². The van der Waals surface area contributed by atoms with Crippen molar-refractivity contribution in [3.63, 3.8) is 0 Å². The number of aromatic nitrogens is 3. The highest BCUT2D eigenvalue weighted by Gasteiger charge is 2.04. The maximum Gasteiger partial charge on any atom is 0.162 e. The molecule has 0 aliphatic carbocycles. The van der Waals surface area contributed by atoms with Gasteiger partial charge in [-0.15, -0.1) is 0 Å². The van der Waals surface area contributed by atoms with Crippen LogP contribution in [0.4, 0.5) is 0 Å². The Bertz CT molecular complexity index is 746. The predicted molar refractivity (Wildman–Crippen MR) is 73.1 cm³/mol. The maximum absolute atomic E-state index is 11.2. The second-order valence-corrected chi connectivity index (χ2v) is 4.52. The minimum absolute atomic E-state index is 0.0305. The molecule has 0 spiro atoms. The lowest BCUT2D eigenvalue weighted by atomic mass is 10.1. The van der Waals surface area contributed by atoms with E-state index in [0.717, 1.165) is 16.5 Å². The summed E-state index contributed by atoms with van der Waals surface area (Å²) in [6.45, 7) is 2.16. The molecule has 4 heteroatoms. The monoisotopic (exact) mass is 251 g/mol. The lowest BCUT2D eigenvalue weighted by Gasteiger charge is -2.03. The Morgan fingerprint density at radius 1 is 1.26 bits per heavy atom. The molecule has 0 aliphatic rings. The van der Waals surface area contributed by atoms with Crippen LogP contribution < -0.4 is 0 Å². The Balaban J connectivity index is 1.89. The minimum atomic E-state index is 0.0305. The number of pyridine rings is 1. The summed E-state index contributed by atoms with van der Waals surface area (Å²) in [5, 5.41) is 5.29. The van der Waals surface area contributed by atoms with Crippen LogP contribution in [0.1, 0.15) is 22.8 Å². The van der Waals surface area contributed by atoms with Crippen molar-refractivity contribution in [2.75, 3.05) is 0 Å². The second kappa shape index (κ2) is 4.65. The van der Waals surface area contributed by atoms with E-state index in [1.165, 1.54) is 0 Å². The van der Waals surface area contributed by atoms with E-state index >= 15 is 0 Å². The van der Waals surface area contributed by atoms with Crippen LogP contribution in [0.5, 0.6) is 0 Å². The number of rotatable bonds is 3. The van der Waals surface area contributed by atoms with E-state index in [9.17, 15) is 4.79 Å². The van der Waals surface area contributed by atoms with Gasteiger partial charge in [0.2, 0.25) is 0 Å². The standard InChI is InChI=1S/C15H13N3O/c1-11(19)14-8-17-18(10-14)9-12-6-13-4-2-3-5-15(13)16-7-12/h2-8,10H,9H2,1H3. The highest BCUT2D eigenvalue weighted by atomic mass is 16.1. The van der Waals surface area contributed by atoms with E-state index in [2.05, 4.69) is 16.1 Å². The summed E-state index contributed by atoms with van der Waals surface area (Å²) in [5.74, 6) is 0.0305. The molecule has 0 fully saturated rings. The molecule has 3 aromatic rings. The van der Waals surface area contributed by atoms with Crippen LogP contribution in [0.15, 0.2) is 48.9 Å². The number of ketones is 1. The number of carbonyl (C=O) groups excluding carboxylic acids is 1. The summed E-state index contributed by atoms with van der Waals surface area (Å²) in [7, 11) is 0. The third kappa shape index (κ3) is 2.38. The minimum Gasteiger partial charge on any atom is -0.294 e. The summed E-state index contributed by atoms with van der Waals surface area (Å²) in [6, 6.07) is 10.1. The van der Waals surface area contributed by atoms with E-state index in [-0.39, 0.29) is 5.78 Å². The normalized spacial score (nSPS) is 10.8. The first-order valence-corrected chi connectivity index (χ1v) is 6.09. The Morgan fingerprint density at radius 2 is 2.11 bits per heavy atom. The van der Waals surface area contributed by atoms with Gasteiger partial charge in [0, 0.05) is 17.8 Å². The summed E-state index contributed by atoms with van der Waals surface area (Å²) in [6.07, 6.45) is 5.20. The average molecular weight is 251 g/mol. The highest BCUT2D eigenvalue weighted by Crippen LogP contribution is 2.13.